The fourth-order valence-corrected chi connectivity index (χ4v) is 2.38. The van der Waals surface area contributed by atoms with E-state index >= 15 is 0 Å². The van der Waals surface area contributed by atoms with Crippen LogP contribution in [-0.2, 0) is 9.84 Å². The minimum atomic E-state index is -2.78. The van der Waals surface area contributed by atoms with E-state index in [0.29, 0.717) is 11.0 Å². The number of rotatable bonds is 4. The van der Waals surface area contributed by atoms with Gasteiger partial charge < -0.3 is 0 Å². The van der Waals surface area contributed by atoms with Gasteiger partial charge in [-0.2, -0.15) is 0 Å². The molecule has 0 aromatic carbocycles. The highest BCUT2D eigenvalue weighted by Gasteiger charge is 1.99. The molecular weight excluding hydrogens is 180 g/mol. The highest BCUT2D eigenvalue weighted by atomic mass is 35.5. The van der Waals surface area contributed by atoms with Crippen molar-refractivity contribution in [1.29, 1.82) is 0 Å². The van der Waals surface area contributed by atoms with Gasteiger partial charge in [-0.15, -0.1) is 23.4 Å². The first-order valence-electron chi connectivity index (χ1n) is 2.37. The topological polar surface area (TPSA) is 34.1 Å². The second kappa shape index (κ2) is 4.41. The molecule has 2 nitrogen and oxygen atoms in total. The molecule has 5 heteroatoms. The average Bonchev–Trinajstić information content (AvgIpc) is 1.63. The highest BCUT2D eigenvalue weighted by Crippen LogP contribution is 2.02. The Bertz CT molecular complexity index is 152. The van der Waals surface area contributed by atoms with E-state index < -0.39 is 9.84 Å². The van der Waals surface area contributed by atoms with Gasteiger partial charge in [0, 0.05) is 12.0 Å². The standard InChI is InChI=1S/C4H9ClO2S2/c1-9(6,7)3-2-8-4-5/h2-4H2,1H3. The summed E-state index contributed by atoms with van der Waals surface area (Å²) in [6.45, 7) is 0. The van der Waals surface area contributed by atoms with Gasteiger partial charge in [-0.1, -0.05) is 0 Å². The Hall–Kier alpha value is 0.590. The van der Waals surface area contributed by atoms with Gasteiger partial charge in [0.2, 0.25) is 0 Å². The predicted octanol–water partition coefficient (Wildman–Crippen LogP) is 0.961. The molecule has 0 aromatic heterocycles. The second-order valence-electron chi connectivity index (χ2n) is 1.65. The molecule has 56 valence electrons. The van der Waals surface area contributed by atoms with E-state index in [-0.39, 0.29) is 5.75 Å². The number of hydrogen-bond acceptors (Lipinski definition) is 3. The zero-order valence-corrected chi connectivity index (χ0v) is 7.52. The quantitative estimate of drug-likeness (QED) is 0.487. The maximum atomic E-state index is 10.4. The van der Waals surface area contributed by atoms with Crippen LogP contribution in [0.2, 0.25) is 0 Å². The number of halogens is 1. The van der Waals surface area contributed by atoms with Crippen LogP contribution in [0.3, 0.4) is 0 Å². The van der Waals surface area contributed by atoms with Gasteiger partial charge >= 0.3 is 0 Å². The van der Waals surface area contributed by atoms with Gasteiger partial charge in [0.05, 0.1) is 11.0 Å². The third kappa shape index (κ3) is 8.59. The molecule has 9 heavy (non-hydrogen) atoms. The summed E-state index contributed by atoms with van der Waals surface area (Å²) in [5.74, 6) is 0.826. The molecular formula is C4H9ClO2S2. The molecule has 0 aliphatic rings. The Labute approximate surface area is 64.9 Å². The lowest BCUT2D eigenvalue weighted by molar-refractivity contribution is 0.603. The summed E-state index contributed by atoms with van der Waals surface area (Å²) in [5.41, 5.74) is 0. The fourth-order valence-electron chi connectivity index (χ4n) is 0.265. The Kier molecular flexibility index (Phi) is 4.70. The number of alkyl halides is 1. The molecule has 0 aliphatic heterocycles. The van der Waals surface area contributed by atoms with E-state index in [2.05, 4.69) is 0 Å². The molecule has 0 bridgehead atoms. The summed E-state index contributed by atoms with van der Waals surface area (Å²) >= 11 is 6.72. The van der Waals surface area contributed by atoms with E-state index in [1.807, 2.05) is 0 Å². The van der Waals surface area contributed by atoms with Crippen LogP contribution >= 0.6 is 23.4 Å². The van der Waals surface area contributed by atoms with Crippen molar-refractivity contribution in [2.24, 2.45) is 0 Å². The van der Waals surface area contributed by atoms with Crippen molar-refractivity contribution in [3.63, 3.8) is 0 Å². The van der Waals surface area contributed by atoms with Crippen LogP contribution in [-0.4, -0.2) is 31.4 Å². The van der Waals surface area contributed by atoms with Gasteiger partial charge in [-0.3, -0.25) is 0 Å². The first-order chi connectivity index (χ1) is 4.06. The van der Waals surface area contributed by atoms with E-state index in [9.17, 15) is 8.42 Å². The molecule has 0 N–H and O–H groups in total. The number of thioether (sulfide) groups is 1. The van der Waals surface area contributed by atoms with Crippen molar-refractivity contribution in [2.45, 2.75) is 0 Å². The van der Waals surface area contributed by atoms with Crippen LogP contribution in [0, 0.1) is 0 Å². The van der Waals surface area contributed by atoms with Crippen LogP contribution in [0.5, 0.6) is 0 Å². The number of sulfone groups is 1. The summed E-state index contributed by atoms with van der Waals surface area (Å²) in [6.07, 6.45) is 1.22. The monoisotopic (exact) mass is 188 g/mol. The Morgan fingerprint density at radius 1 is 1.56 bits per heavy atom. The second-order valence-corrected chi connectivity index (χ2v) is 5.60. The van der Waals surface area contributed by atoms with E-state index in [0.717, 1.165) is 0 Å². The average molecular weight is 189 g/mol. The molecule has 0 heterocycles. The lowest BCUT2D eigenvalue weighted by Gasteiger charge is -1.93. The molecule has 0 amide bonds. The molecule has 0 atom stereocenters. The Morgan fingerprint density at radius 3 is 2.44 bits per heavy atom. The van der Waals surface area contributed by atoms with Gasteiger partial charge in [0.15, 0.2) is 0 Å². The van der Waals surface area contributed by atoms with Crippen molar-refractivity contribution in [3.8, 4) is 0 Å². The molecule has 0 saturated heterocycles. The van der Waals surface area contributed by atoms with Crippen molar-refractivity contribution >= 4 is 33.2 Å². The normalized spacial score (nSPS) is 11.8. The summed E-state index contributed by atoms with van der Waals surface area (Å²) in [6, 6.07) is 0. The van der Waals surface area contributed by atoms with Crippen LogP contribution < -0.4 is 0 Å². The van der Waals surface area contributed by atoms with Gasteiger partial charge in [0.25, 0.3) is 0 Å². The van der Waals surface area contributed by atoms with Crippen molar-refractivity contribution in [3.05, 3.63) is 0 Å². The minimum absolute atomic E-state index is 0.227. The summed E-state index contributed by atoms with van der Waals surface area (Å²) in [7, 11) is -2.78. The first-order valence-corrected chi connectivity index (χ1v) is 6.12. The summed E-state index contributed by atoms with van der Waals surface area (Å²) in [5, 5.41) is 0.468. The van der Waals surface area contributed by atoms with Crippen LogP contribution in [0.1, 0.15) is 0 Å². The predicted molar refractivity (Wildman–Crippen MR) is 42.9 cm³/mol. The van der Waals surface area contributed by atoms with Crippen molar-refractivity contribution in [2.75, 3.05) is 23.0 Å². The first kappa shape index (κ1) is 9.59. The zero-order chi connectivity index (χ0) is 7.33. The van der Waals surface area contributed by atoms with E-state index in [1.54, 1.807) is 0 Å². The smallest absolute Gasteiger partial charge is 0.148 e. The largest absolute Gasteiger partial charge is 0.229 e. The molecule has 0 rings (SSSR count). The maximum absolute atomic E-state index is 10.4. The Balaban J connectivity index is 3.30. The molecule has 0 spiro atoms. The summed E-state index contributed by atoms with van der Waals surface area (Å²) in [4.78, 5) is 0. The van der Waals surface area contributed by atoms with E-state index in [1.165, 1.54) is 18.0 Å². The molecule has 0 aliphatic carbocycles. The van der Waals surface area contributed by atoms with E-state index in [4.69, 9.17) is 11.6 Å². The van der Waals surface area contributed by atoms with Gasteiger partial charge in [0.1, 0.15) is 9.84 Å². The lowest BCUT2D eigenvalue weighted by Crippen LogP contribution is -2.04. The molecule has 0 radical (unpaired) electrons. The van der Waals surface area contributed by atoms with Crippen LogP contribution in [0.4, 0.5) is 0 Å². The molecule has 0 unspecified atom stereocenters. The maximum Gasteiger partial charge on any atom is 0.148 e. The summed E-state index contributed by atoms with van der Waals surface area (Å²) < 4.78 is 20.9. The lowest BCUT2D eigenvalue weighted by atomic mass is 11.0. The van der Waals surface area contributed by atoms with Gasteiger partial charge in [-0.05, 0) is 0 Å². The third-order valence-corrected chi connectivity index (χ3v) is 2.99. The number of hydrogen-bond donors (Lipinski definition) is 0. The SMILES string of the molecule is CS(=O)(=O)CCSCCl. The zero-order valence-electron chi connectivity index (χ0n) is 5.13. The van der Waals surface area contributed by atoms with Gasteiger partial charge in [-0.25, -0.2) is 8.42 Å². The molecule has 0 fully saturated rings. The van der Waals surface area contributed by atoms with Crippen LogP contribution in [0.15, 0.2) is 0 Å². The third-order valence-electron chi connectivity index (χ3n) is 0.676. The highest BCUT2D eigenvalue weighted by molar-refractivity contribution is 8.01. The fraction of sp³-hybridized carbons (Fsp3) is 1.00. The molecule has 0 saturated carbocycles. The Morgan fingerprint density at radius 2 is 2.11 bits per heavy atom. The van der Waals surface area contributed by atoms with Crippen molar-refractivity contribution in [1.82, 2.24) is 0 Å². The van der Waals surface area contributed by atoms with Crippen LogP contribution in [0.25, 0.3) is 0 Å². The minimum Gasteiger partial charge on any atom is -0.229 e. The van der Waals surface area contributed by atoms with Crippen molar-refractivity contribution < 1.29 is 8.42 Å². The molecule has 0 aromatic rings.